The first-order valence-corrected chi connectivity index (χ1v) is 8.79. The van der Waals surface area contributed by atoms with Gasteiger partial charge in [-0.25, -0.2) is 0 Å². The summed E-state index contributed by atoms with van der Waals surface area (Å²) in [6, 6.07) is 17.5. The zero-order valence-corrected chi connectivity index (χ0v) is 15.0. The second-order valence-corrected chi connectivity index (χ2v) is 7.30. The second kappa shape index (κ2) is 7.23. The topological polar surface area (TPSA) is 15.3 Å². The van der Waals surface area contributed by atoms with Crippen LogP contribution in [-0.2, 0) is 0 Å². The van der Waals surface area contributed by atoms with Crippen LogP contribution < -0.4 is 5.32 Å². The fourth-order valence-corrected chi connectivity index (χ4v) is 3.74. The molecule has 122 valence electrons. The molecular formula is C19H22Cl2N2. The summed E-state index contributed by atoms with van der Waals surface area (Å²) in [4.78, 5) is 2.54. The van der Waals surface area contributed by atoms with Gasteiger partial charge in [-0.1, -0.05) is 47.5 Å². The maximum absolute atomic E-state index is 6.07. The molecule has 1 saturated heterocycles. The molecule has 1 heterocycles. The van der Waals surface area contributed by atoms with Gasteiger partial charge in [-0.05, 0) is 49.2 Å². The van der Waals surface area contributed by atoms with Gasteiger partial charge in [-0.2, -0.15) is 0 Å². The number of halogens is 2. The molecule has 3 rings (SSSR count). The van der Waals surface area contributed by atoms with E-state index in [2.05, 4.69) is 48.3 Å². The first-order chi connectivity index (χ1) is 11.0. The molecule has 2 atom stereocenters. The fraction of sp³-hybridized carbons (Fsp3) is 0.368. The lowest BCUT2D eigenvalue weighted by Gasteiger charge is -2.41. The predicted molar refractivity (Wildman–Crippen MR) is 98.4 cm³/mol. The molecule has 0 radical (unpaired) electrons. The Hall–Kier alpha value is -1.06. The van der Waals surface area contributed by atoms with Crippen LogP contribution >= 0.6 is 23.2 Å². The summed E-state index contributed by atoms with van der Waals surface area (Å²) in [5.74, 6) is 0. The second-order valence-electron chi connectivity index (χ2n) is 6.43. The van der Waals surface area contributed by atoms with E-state index < -0.39 is 0 Å². The Kier molecular flexibility index (Phi) is 5.27. The zero-order chi connectivity index (χ0) is 16.4. The van der Waals surface area contributed by atoms with Crippen molar-refractivity contribution in [3.8, 4) is 0 Å². The third-order valence-corrected chi connectivity index (χ3v) is 4.83. The maximum Gasteiger partial charge on any atom is 0.0602 e. The molecular weight excluding hydrogens is 327 g/mol. The van der Waals surface area contributed by atoms with Crippen molar-refractivity contribution >= 4 is 23.2 Å². The number of benzene rings is 2. The van der Waals surface area contributed by atoms with E-state index in [0.29, 0.717) is 12.1 Å². The van der Waals surface area contributed by atoms with Crippen LogP contribution in [0.3, 0.4) is 0 Å². The lowest BCUT2D eigenvalue weighted by molar-refractivity contribution is 0.141. The van der Waals surface area contributed by atoms with Gasteiger partial charge in [-0.3, -0.25) is 4.90 Å². The number of nitrogens with zero attached hydrogens (tertiary/aromatic N) is 1. The average molecular weight is 349 g/mol. The minimum absolute atomic E-state index is 0.219. The Morgan fingerprint density at radius 2 is 1.22 bits per heavy atom. The van der Waals surface area contributed by atoms with Crippen LogP contribution in [0.25, 0.3) is 0 Å². The fourth-order valence-electron chi connectivity index (χ4n) is 3.48. The Labute approximate surface area is 148 Å². The van der Waals surface area contributed by atoms with Crippen molar-refractivity contribution in [3.63, 3.8) is 0 Å². The van der Waals surface area contributed by atoms with Crippen molar-refractivity contribution < 1.29 is 0 Å². The van der Waals surface area contributed by atoms with E-state index >= 15 is 0 Å². The van der Waals surface area contributed by atoms with Gasteiger partial charge >= 0.3 is 0 Å². The van der Waals surface area contributed by atoms with E-state index in [1.54, 1.807) is 0 Å². The summed E-state index contributed by atoms with van der Waals surface area (Å²) >= 11 is 12.1. The first-order valence-electron chi connectivity index (χ1n) is 8.04. The number of rotatable bonds is 3. The minimum Gasteiger partial charge on any atom is -0.309 e. The van der Waals surface area contributed by atoms with Gasteiger partial charge in [0, 0.05) is 35.2 Å². The summed E-state index contributed by atoms with van der Waals surface area (Å²) in [6.07, 6.45) is 0. The quantitative estimate of drug-likeness (QED) is 0.859. The molecule has 2 aromatic rings. The molecule has 0 bridgehead atoms. The number of hydrogen-bond donors (Lipinski definition) is 1. The molecule has 0 spiro atoms. The van der Waals surface area contributed by atoms with Crippen LogP contribution in [-0.4, -0.2) is 30.1 Å². The Morgan fingerprint density at radius 3 is 1.61 bits per heavy atom. The minimum atomic E-state index is 0.219. The molecule has 2 nitrogen and oxygen atoms in total. The van der Waals surface area contributed by atoms with Gasteiger partial charge in [0.1, 0.15) is 0 Å². The molecule has 23 heavy (non-hydrogen) atoms. The Morgan fingerprint density at radius 1 is 0.826 bits per heavy atom. The van der Waals surface area contributed by atoms with E-state index in [1.165, 1.54) is 11.1 Å². The number of piperazine rings is 1. The van der Waals surface area contributed by atoms with Crippen molar-refractivity contribution in [2.45, 2.75) is 32.0 Å². The molecule has 0 aliphatic carbocycles. The third-order valence-electron chi connectivity index (χ3n) is 4.32. The van der Waals surface area contributed by atoms with Crippen LogP contribution in [0, 0.1) is 0 Å². The highest BCUT2D eigenvalue weighted by molar-refractivity contribution is 6.30. The summed E-state index contributed by atoms with van der Waals surface area (Å²) in [6.45, 7) is 6.51. The molecule has 0 amide bonds. The Bertz CT molecular complexity index is 584. The largest absolute Gasteiger partial charge is 0.309 e. The van der Waals surface area contributed by atoms with Crippen LogP contribution in [0.4, 0.5) is 0 Å². The highest BCUT2D eigenvalue weighted by atomic mass is 35.5. The van der Waals surface area contributed by atoms with Gasteiger partial charge in [0.05, 0.1) is 6.04 Å². The van der Waals surface area contributed by atoms with E-state index in [9.17, 15) is 0 Å². The Balaban J connectivity index is 1.98. The van der Waals surface area contributed by atoms with E-state index in [4.69, 9.17) is 23.2 Å². The van der Waals surface area contributed by atoms with Gasteiger partial charge < -0.3 is 5.32 Å². The lowest BCUT2D eigenvalue weighted by Crippen LogP contribution is -2.55. The van der Waals surface area contributed by atoms with E-state index in [0.717, 1.165) is 23.1 Å². The van der Waals surface area contributed by atoms with Crippen molar-refractivity contribution in [3.05, 3.63) is 69.7 Å². The molecule has 2 aromatic carbocycles. The maximum atomic E-state index is 6.07. The average Bonchev–Trinajstić information content (AvgIpc) is 2.50. The van der Waals surface area contributed by atoms with Crippen molar-refractivity contribution in [2.75, 3.05) is 13.1 Å². The van der Waals surface area contributed by atoms with Gasteiger partial charge in [-0.15, -0.1) is 0 Å². The number of nitrogens with one attached hydrogen (secondary N) is 1. The normalized spacial score (nSPS) is 22.5. The molecule has 1 aliphatic heterocycles. The third kappa shape index (κ3) is 4.07. The van der Waals surface area contributed by atoms with Gasteiger partial charge in [0.2, 0.25) is 0 Å². The molecule has 1 fully saturated rings. The predicted octanol–water partition coefficient (Wildman–Crippen LogP) is 4.77. The standard InChI is InChI=1S/C19H22Cl2N2/c1-13-11-23(12-14(2)22-13)19(15-3-7-17(20)8-4-15)16-5-9-18(21)10-6-16/h3-10,13-14,19,22H,11-12H2,1-2H3/t13-,14+. The van der Waals surface area contributed by atoms with Gasteiger partial charge in [0.15, 0.2) is 0 Å². The highest BCUT2D eigenvalue weighted by Gasteiger charge is 2.29. The van der Waals surface area contributed by atoms with Gasteiger partial charge in [0.25, 0.3) is 0 Å². The van der Waals surface area contributed by atoms with Crippen LogP contribution in [0.15, 0.2) is 48.5 Å². The lowest BCUT2D eigenvalue weighted by atomic mass is 9.95. The SMILES string of the molecule is C[C@@H]1CN(C(c2ccc(Cl)cc2)c2ccc(Cl)cc2)C[C@H](C)N1. The molecule has 0 aromatic heterocycles. The van der Waals surface area contributed by atoms with Crippen molar-refractivity contribution in [1.29, 1.82) is 0 Å². The number of hydrogen-bond acceptors (Lipinski definition) is 2. The smallest absolute Gasteiger partial charge is 0.0602 e. The summed E-state index contributed by atoms with van der Waals surface area (Å²) in [5.41, 5.74) is 2.52. The molecule has 0 saturated carbocycles. The molecule has 0 unspecified atom stereocenters. The molecule has 4 heteroatoms. The first kappa shape index (κ1) is 16.8. The summed E-state index contributed by atoms with van der Waals surface area (Å²) in [7, 11) is 0. The van der Waals surface area contributed by atoms with Crippen LogP contribution in [0.5, 0.6) is 0 Å². The zero-order valence-electron chi connectivity index (χ0n) is 13.5. The van der Waals surface area contributed by atoms with Crippen LogP contribution in [0.2, 0.25) is 10.0 Å². The summed E-state index contributed by atoms with van der Waals surface area (Å²) in [5, 5.41) is 5.14. The highest BCUT2D eigenvalue weighted by Crippen LogP contribution is 2.31. The van der Waals surface area contributed by atoms with Crippen molar-refractivity contribution in [2.24, 2.45) is 0 Å². The van der Waals surface area contributed by atoms with Crippen LogP contribution in [0.1, 0.15) is 31.0 Å². The molecule has 1 aliphatic rings. The van der Waals surface area contributed by atoms with Crippen molar-refractivity contribution in [1.82, 2.24) is 10.2 Å². The monoisotopic (exact) mass is 348 g/mol. The molecule has 1 N–H and O–H groups in total. The van der Waals surface area contributed by atoms with E-state index in [1.807, 2.05) is 24.3 Å². The summed E-state index contributed by atoms with van der Waals surface area (Å²) < 4.78 is 0. The van der Waals surface area contributed by atoms with E-state index in [-0.39, 0.29) is 6.04 Å².